The molecular formula is C12H17N3O. The van der Waals surface area contributed by atoms with Gasteiger partial charge in [-0.1, -0.05) is 12.1 Å². The molecule has 1 heterocycles. The van der Waals surface area contributed by atoms with E-state index in [1.807, 2.05) is 33.3 Å². The lowest BCUT2D eigenvalue weighted by molar-refractivity contribution is -0.117. The van der Waals surface area contributed by atoms with E-state index in [1.165, 1.54) is 0 Å². The number of nitrogens with one attached hydrogen (secondary N) is 2. The van der Waals surface area contributed by atoms with Crippen molar-refractivity contribution in [2.75, 3.05) is 26.0 Å². The van der Waals surface area contributed by atoms with E-state index in [0.717, 1.165) is 16.8 Å². The summed E-state index contributed by atoms with van der Waals surface area (Å²) in [4.78, 5) is 13.3. The zero-order valence-electron chi connectivity index (χ0n) is 9.87. The van der Waals surface area contributed by atoms with Crippen molar-refractivity contribution in [1.82, 2.24) is 10.6 Å². The van der Waals surface area contributed by atoms with Crippen molar-refractivity contribution >= 4 is 11.6 Å². The summed E-state index contributed by atoms with van der Waals surface area (Å²) in [5, 5.41) is 6.34. The van der Waals surface area contributed by atoms with E-state index in [9.17, 15) is 4.79 Å². The number of hydrogen-bond acceptors (Lipinski definition) is 3. The maximum atomic E-state index is 11.5. The first kappa shape index (κ1) is 11.1. The van der Waals surface area contributed by atoms with Crippen LogP contribution in [0.25, 0.3) is 0 Å². The second kappa shape index (κ2) is 4.23. The van der Waals surface area contributed by atoms with Crippen LogP contribution in [0.1, 0.15) is 17.3 Å². The van der Waals surface area contributed by atoms with Crippen LogP contribution in [0.15, 0.2) is 18.2 Å². The van der Waals surface area contributed by atoms with Crippen LogP contribution in [0.3, 0.4) is 0 Å². The second-order valence-electron chi connectivity index (χ2n) is 4.03. The minimum Gasteiger partial charge on any atom is -0.315 e. The summed E-state index contributed by atoms with van der Waals surface area (Å²) >= 11 is 0. The summed E-state index contributed by atoms with van der Waals surface area (Å²) in [5.74, 6) is 0.164. The fraction of sp³-hybridized carbons (Fsp3) is 0.417. The van der Waals surface area contributed by atoms with E-state index < -0.39 is 0 Å². The first-order chi connectivity index (χ1) is 7.67. The molecule has 86 valence electrons. The number of amides is 1. The smallest absolute Gasteiger partial charge is 0.231 e. The molecule has 0 atom stereocenters. The summed E-state index contributed by atoms with van der Waals surface area (Å²) in [6.07, 6.45) is 0.645. The van der Waals surface area contributed by atoms with E-state index in [0.29, 0.717) is 6.42 Å². The highest BCUT2D eigenvalue weighted by atomic mass is 16.2. The monoisotopic (exact) mass is 219 g/mol. The second-order valence-corrected chi connectivity index (χ2v) is 4.03. The zero-order valence-corrected chi connectivity index (χ0v) is 9.87. The third-order valence-corrected chi connectivity index (χ3v) is 3.09. The molecule has 1 aliphatic heterocycles. The van der Waals surface area contributed by atoms with Crippen molar-refractivity contribution in [3.63, 3.8) is 0 Å². The first-order valence-corrected chi connectivity index (χ1v) is 5.41. The van der Waals surface area contributed by atoms with E-state index in [-0.39, 0.29) is 12.1 Å². The summed E-state index contributed by atoms with van der Waals surface area (Å²) in [6.45, 7) is 0. The number of carbonyl (C=O) groups is 1. The molecule has 0 aliphatic carbocycles. The van der Waals surface area contributed by atoms with Gasteiger partial charge in [0, 0.05) is 12.7 Å². The molecule has 2 N–H and O–H groups in total. The van der Waals surface area contributed by atoms with Crippen molar-refractivity contribution in [2.45, 2.75) is 12.6 Å². The number of benzene rings is 1. The molecule has 1 amide bonds. The molecule has 0 spiro atoms. The molecule has 1 aromatic rings. The van der Waals surface area contributed by atoms with Crippen molar-refractivity contribution in [3.8, 4) is 0 Å². The summed E-state index contributed by atoms with van der Waals surface area (Å²) in [7, 11) is 5.64. The Balaban J connectivity index is 2.35. The Morgan fingerprint density at radius 3 is 2.62 bits per heavy atom. The quantitative estimate of drug-likeness (QED) is 0.733. The van der Waals surface area contributed by atoms with Crippen molar-refractivity contribution < 1.29 is 4.79 Å². The molecule has 0 fully saturated rings. The largest absolute Gasteiger partial charge is 0.315 e. The molecule has 0 unspecified atom stereocenters. The number of likely N-dealkylation sites (N-methyl/N-ethyl adjacent to an activating group) is 1. The van der Waals surface area contributed by atoms with Gasteiger partial charge in [-0.05, 0) is 31.3 Å². The molecule has 0 saturated heterocycles. The van der Waals surface area contributed by atoms with Gasteiger partial charge in [0.2, 0.25) is 5.91 Å². The maximum absolute atomic E-state index is 11.5. The molecule has 4 nitrogen and oxygen atoms in total. The lowest BCUT2D eigenvalue weighted by Crippen LogP contribution is -2.28. The number of fused-ring (bicyclic) bond motifs is 1. The first-order valence-electron chi connectivity index (χ1n) is 5.41. The lowest BCUT2D eigenvalue weighted by Gasteiger charge is -2.17. The predicted molar refractivity (Wildman–Crippen MR) is 64.4 cm³/mol. The van der Waals surface area contributed by atoms with E-state index >= 15 is 0 Å². The van der Waals surface area contributed by atoms with Crippen LogP contribution >= 0.6 is 0 Å². The average molecular weight is 219 g/mol. The molecule has 1 aliphatic rings. The molecule has 16 heavy (non-hydrogen) atoms. The fourth-order valence-corrected chi connectivity index (χ4v) is 2.15. The molecule has 0 bridgehead atoms. The van der Waals surface area contributed by atoms with Crippen LogP contribution in [0.2, 0.25) is 0 Å². The van der Waals surface area contributed by atoms with Gasteiger partial charge in [-0.3, -0.25) is 4.79 Å². The third-order valence-electron chi connectivity index (χ3n) is 3.09. The van der Waals surface area contributed by atoms with Gasteiger partial charge in [0.25, 0.3) is 0 Å². The molecule has 0 saturated carbocycles. The molecule has 2 rings (SSSR count). The summed E-state index contributed by atoms with van der Waals surface area (Å²) < 4.78 is 0. The number of anilines is 1. The molecular weight excluding hydrogens is 202 g/mol. The minimum absolute atomic E-state index is 0.131. The Bertz CT molecular complexity index is 413. The molecule has 4 heteroatoms. The van der Waals surface area contributed by atoms with Gasteiger partial charge in [-0.15, -0.1) is 0 Å². The summed E-state index contributed by atoms with van der Waals surface area (Å²) in [5.41, 5.74) is 3.30. The SMILES string of the molecule is CNC(NC)c1ccc2c(c1)CC(=O)N2C. The number of nitrogens with zero attached hydrogens (tertiary/aromatic N) is 1. The van der Waals surface area contributed by atoms with Gasteiger partial charge >= 0.3 is 0 Å². The van der Waals surface area contributed by atoms with Crippen LogP contribution in [-0.4, -0.2) is 27.1 Å². The Labute approximate surface area is 95.6 Å². The van der Waals surface area contributed by atoms with Gasteiger partial charge in [0.1, 0.15) is 0 Å². The van der Waals surface area contributed by atoms with Gasteiger partial charge in [0.15, 0.2) is 0 Å². The Hall–Kier alpha value is -1.39. The maximum Gasteiger partial charge on any atom is 0.231 e. The predicted octanol–water partition coefficient (Wildman–Crippen LogP) is 0.643. The molecule has 0 aromatic heterocycles. The standard InChI is InChI=1S/C12H17N3O/c1-13-12(14-2)8-4-5-10-9(6-8)7-11(16)15(10)3/h4-6,12-14H,7H2,1-3H3. The average Bonchev–Trinajstić information content (AvgIpc) is 2.56. The fourth-order valence-electron chi connectivity index (χ4n) is 2.15. The normalized spacial score (nSPS) is 14.8. The van der Waals surface area contributed by atoms with Crippen LogP contribution in [0.5, 0.6) is 0 Å². The Kier molecular flexibility index (Phi) is 2.94. The van der Waals surface area contributed by atoms with Gasteiger partial charge < -0.3 is 15.5 Å². The van der Waals surface area contributed by atoms with E-state index in [1.54, 1.807) is 4.90 Å². The lowest BCUT2D eigenvalue weighted by atomic mass is 10.1. The number of carbonyl (C=O) groups excluding carboxylic acids is 1. The van der Waals surface area contributed by atoms with Crippen molar-refractivity contribution in [3.05, 3.63) is 29.3 Å². The van der Waals surface area contributed by atoms with Gasteiger partial charge in [-0.2, -0.15) is 0 Å². The Morgan fingerprint density at radius 1 is 1.31 bits per heavy atom. The van der Waals surface area contributed by atoms with Crippen molar-refractivity contribution in [1.29, 1.82) is 0 Å². The molecule has 0 radical (unpaired) electrons. The van der Waals surface area contributed by atoms with Crippen LogP contribution < -0.4 is 15.5 Å². The van der Waals surface area contributed by atoms with Gasteiger partial charge in [-0.25, -0.2) is 0 Å². The van der Waals surface area contributed by atoms with E-state index in [2.05, 4.69) is 16.7 Å². The number of hydrogen-bond donors (Lipinski definition) is 2. The van der Waals surface area contributed by atoms with Crippen LogP contribution in [0.4, 0.5) is 5.69 Å². The van der Waals surface area contributed by atoms with Crippen LogP contribution in [-0.2, 0) is 11.2 Å². The molecule has 1 aromatic carbocycles. The van der Waals surface area contributed by atoms with Crippen molar-refractivity contribution in [2.24, 2.45) is 0 Å². The topological polar surface area (TPSA) is 44.4 Å². The Morgan fingerprint density at radius 2 is 2.00 bits per heavy atom. The highest BCUT2D eigenvalue weighted by Crippen LogP contribution is 2.29. The minimum atomic E-state index is 0.131. The van der Waals surface area contributed by atoms with Crippen LogP contribution in [0, 0.1) is 0 Å². The summed E-state index contributed by atoms with van der Waals surface area (Å²) in [6, 6.07) is 6.15. The zero-order chi connectivity index (χ0) is 11.7. The highest BCUT2D eigenvalue weighted by Gasteiger charge is 2.24. The van der Waals surface area contributed by atoms with Gasteiger partial charge in [0.05, 0.1) is 12.6 Å². The van der Waals surface area contributed by atoms with E-state index in [4.69, 9.17) is 0 Å². The third kappa shape index (κ3) is 1.70. The highest BCUT2D eigenvalue weighted by molar-refractivity contribution is 6.00. The number of rotatable bonds is 3.